The van der Waals surface area contributed by atoms with Gasteiger partial charge in [0.05, 0.1) is 13.2 Å². The monoisotopic (exact) mass is 470 g/mol. The summed E-state index contributed by atoms with van der Waals surface area (Å²) in [5.74, 6) is 1.96. The van der Waals surface area contributed by atoms with Crippen molar-refractivity contribution < 1.29 is 19.0 Å². The van der Waals surface area contributed by atoms with Gasteiger partial charge in [-0.25, -0.2) is 0 Å². The summed E-state index contributed by atoms with van der Waals surface area (Å²) in [6.07, 6.45) is 7.88. The maximum absolute atomic E-state index is 12.5. The van der Waals surface area contributed by atoms with Crippen LogP contribution in [0.15, 0.2) is 48.5 Å². The Morgan fingerprint density at radius 1 is 0.970 bits per heavy atom. The van der Waals surface area contributed by atoms with Gasteiger partial charge in [-0.05, 0) is 73.9 Å². The summed E-state index contributed by atoms with van der Waals surface area (Å²) in [6, 6.07) is 14.6. The number of ether oxygens (including phenoxy) is 3. The van der Waals surface area contributed by atoms with Gasteiger partial charge in [-0.1, -0.05) is 38.2 Å². The first-order valence-corrected chi connectivity index (χ1v) is 12.2. The number of carbonyl (C=O) groups excluding carboxylic acids is 1. The molecule has 2 N–H and O–H groups in total. The van der Waals surface area contributed by atoms with E-state index in [0.717, 1.165) is 30.4 Å². The Morgan fingerprint density at radius 3 is 2.48 bits per heavy atom. The topological polar surface area (TPSA) is 68.8 Å². The summed E-state index contributed by atoms with van der Waals surface area (Å²) in [4.78, 5) is 12.5. The molecule has 1 aliphatic carbocycles. The minimum atomic E-state index is -0.301. The molecule has 0 saturated heterocycles. The summed E-state index contributed by atoms with van der Waals surface area (Å²) in [5.41, 5.74) is 1.25. The van der Waals surface area contributed by atoms with E-state index in [1.54, 1.807) is 24.3 Å². The van der Waals surface area contributed by atoms with Crippen LogP contribution >= 0.6 is 12.2 Å². The summed E-state index contributed by atoms with van der Waals surface area (Å²) >= 11 is 5.30. The van der Waals surface area contributed by atoms with Crippen molar-refractivity contribution in [2.45, 2.75) is 45.4 Å². The first-order valence-electron chi connectivity index (χ1n) is 11.8. The number of nitrogens with one attached hydrogen (secondary N) is 2. The molecule has 1 amide bonds. The largest absolute Gasteiger partial charge is 0.494 e. The van der Waals surface area contributed by atoms with E-state index in [1.807, 2.05) is 31.2 Å². The van der Waals surface area contributed by atoms with Gasteiger partial charge in [0.1, 0.15) is 18.1 Å². The zero-order valence-electron chi connectivity index (χ0n) is 19.3. The number of thiocarbonyl (C=S) groups is 1. The van der Waals surface area contributed by atoms with E-state index in [9.17, 15) is 4.79 Å². The highest BCUT2D eigenvalue weighted by Gasteiger charge is 2.13. The molecule has 1 fully saturated rings. The van der Waals surface area contributed by atoms with E-state index in [1.165, 1.54) is 32.1 Å². The molecule has 178 valence electrons. The Morgan fingerprint density at radius 2 is 1.73 bits per heavy atom. The van der Waals surface area contributed by atoms with Crippen molar-refractivity contribution in [1.29, 1.82) is 0 Å². The number of amides is 1. The number of anilines is 1. The third kappa shape index (κ3) is 9.02. The van der Waals surface area contributed by atoms with E-state index < -0.39 is 0 Å². The molecule has 1 saturated carbocycles. The molecular weight excluding hydrogens is 436 g/mol. The lowest BCUT2D eigenvalue weighted by atomic mass is 9.87. The molecule has 0 radical (unpaired) electrons. The zero-order valence-corrected chi connectivity index (χ0v) is 20.1. The molecule has 0 bridgehead atoms. The Bertz CT molecular complexity index is 882. The molecule has 0 aromatic heterocycles. The molecule has 1 aliphatic rings. The Hall–Kier alpha value is -2.64. The average Bonchev–Trinajstić information content (AvgIpc) is 2.84. The van der Waals surface area contributed by atoms with Crippen LogP contribution in [0.25, 0.3) is 0 Å². The molecule has 6 nitrogen and oxygen atoms in total. The molecule has 0 unspecified atom stereocenters. The second kappa shape index (κ2) is 13.8. The van der Waals surface area contributed by atoms with Crippen molar-refractivity contribution in [1.82, 2.24) is 5.32 Å². The van der Waals surface area contributed by atoms with Crippen molar-refractivity contribution in [3.05, 3.63) is 54.1 Å². The first-order chi connectivity index (χ1) is 16.1. The van der Waals surface area contributed by atoms with Crippen LogP contribution in [0, 0.1) is 5.92 Å². The molecule has 0 atom stereocenters. The van der Waals surface area contributed by atoms with Crippen LogP contribution in [-0.2, 0) is 4.74 Å². The SMILES string of the molecule is CCOCCOc1cccc(C(=O)NC(=S)Nc2ccc(OCCC3CCCCC3)cc2)c1. The lowest BCUT2D eigenvalue weighted by molar-refractivity contribution is 0.0976. The molecular formula is C26H34N2O4S. The van der Waals surface area contributed by atoms with Crippen LogP contribution in [0.5, 0.6) is 11.5 Å². The molecule has 0 heterocycles. The Balaban J connectivity index is 1.41. The van der Waals surface area contributed by atoms with Crippen molar-refractivity contribution in [2.75, 3.05) is 31.7 Å². The molecule has 2 aromatic carbocycles. The highest BCUT2D eigenvalue weighted by atomic mass is 32.1. The summed E-state index contributed by atoms with van der Waals surface area (Å²) in [5, 5.41) is 5.97. The summed E-state index contributed by atoms with van der Waals surface area (Å²) in [6.45, 7) is 4.26. The number of carbonyl (C=O) groups is 1. The average molecular weight is 471 g/mol. The fraction of sp³-hybridized carbons (Fsp3) is 0.462. The van der Waals surface area contributed by atoms with Crippen LogP contribution in [-0.4, -0.2) is 37.4 Å². The fourth-order valence-electron chi connectivity index (χ4n) is 3.88. The van der Waals surface area contributed by atoms with E-state index in [-0.39, 0.29) is 11.0 Å². The van der Waals surface area contributed by atoms with E-state index in [4.69, 9.17) is 26.4 Å². The molecule has 2 aromatic rings. The van der Waals surface area contributed by atoms with E-state index in [2.05, 4.69) is 10.6 Å². The third-order valence-corrected chi connectivity index (χ3v) is 5.86. The second-order valence-corrected chi connectivity index (χ2v) is 8.56. The number of hydrogen-bond acceptors (Lipinski definition) is 5. The summed E-state index contributed by atoms with van der Waals surface area (Å²) < 4.78 is 16.8. The van der Waals surface area contributed by atoms with Gasteiger partial charge in [0.15, 0.2) is 5.11 Å². The van der Waals surface area contributed by atoms with Crippen molar-refractivity contribution in [2.24, 2.45) is 5.92 Å². The Labute approximate surface area is 202 Å². The van der Waals surface area contributed by atoms with Crippen LogP contribution in [0.1, 0.15) is 55.8 Å². The molecule has 33 heavy (non-hydrogen) atoms. The van der Waals surface area contributed by atoms with Crippen LogP contribution in [0.2, 0.25) is 0 Å². The maximum atomic E-state index is 12.5. The highest BCUT2D eigenvalue weighted by molar-refractivity contribution is 7.80. The second-order valence-electron chi connectivity index (χ2n) is 8.15. The number of benzene rings is 2. The van der Waals surface area contributed by atoms with Gasteiger partial charge in [-0.15, -0.1) is 0 Å². The van der Waals surface area contributed by atoms with Gasteiger partial charge < -0.3 is 19.5 Å². The molecule has 3 rings (SSSR count). The normalized spacial score (nSPS) is 13.8. The third-order valence-electron chi connectivity index (χ3n) is 5.66. The Kier molecular flexibility index (Phi) is 10.5. The van der Waals surface area contributed by atoms with Gasteiger partial charge in [0.2, 0.25) is 0 Å². The minimum absolute atomic E-state index is 0.230. The van der Waals surface area contributed by atoms with Crippen LogP contribution in [0.4, 0.5) is 5.69 Å². The smallest absolute Gasteiger partial charge is 0.257 e. The predicted octanol–water partition coefficient (Wildman–Crippen LogP) is 5.58. The maximum Gasteiger partial charge on any atom is 0.257 e. The van der Waals surface area contributed by atoms with Crippen LogP contribution < -0.4 is 20.1 Å². The summed E-state index contributed by atoms with van der Waals surface area (Å²) in [7, 11) is 0. The van der Waals surface area contributed by atoms with Gasteiger partial charge in [0.25, 0.3) is 5.91 Å². The minimum Gasteiger partial charge on any atom is -0.494 e. The number of hydrogen-bond donors (Lipinski definition) is 2. The zero-order chi connectivity index (χ0) is 23.3. The van der Waals surface area contributed by atoms with Gasteiger partial charge >= 0.3 is 0 Å². The van der Waals surface area contributed by atoms with Gasteiger partial charge in [0, 0.05) is 17.9 Å². The van der Waals surface area contributed by atoms with Gasteiger partial charge in [-0.2, -0.15) is 0 Å². The molecule has 0 spiro atoms. The van der Waals surface area contributed by atoms with Crippen molar-refractivity contribution >= 4 is 28.9 Å². The predicted molar refractivity (Wildman–Crippen MR) is 135 cm³/mol. The first kappa shape index (κ1) is 25.0. The standard InChI is InChI=1S/C26H34N2O4S/c1-2-30-17-18-32-24-10-6-9-21(19-24)25(29)28-26(33)27-22-11-13-23(14-12-22)31-16-15-20-7-4-3-5-8-20/h6,9-14,19-20H,2-5,7-8,15-18H2,1H3,(H2,27,28,29,33). The quantitative estimate of drug-likeness (QED) is 0.330. The molecule has 0 aliphatic heterocycles. The lowest BCUT2D eigenvalue weighted by Crippen LogP contribution is -2.34. The van der Waals surface area contributed by atoms with Crippen molar-refractivity contribution in [3.8, 4) is 11.5 Å². The fourth-order valence-corrected chi connectivity index (χ4v) is 4.09. The highest BCUT2D eigenvalue weighted by Crippen LogP contribution is 2.26. The van der Waals surface area contributed by atoms with Crippen molar-refractivity contribution in [3.63, 3.8) is 0 Å². The van der Waals surface area contributed by atoms with E-state index in [0.29, 0.717) is 31.1 Å². The van der Waals surface area contributed by atoms with Crippen LogP contribution in [0.3, 0.4) is 0 Å². The molecule has 7 heteroatoms. The van der Waals surface area contributed by atoms with E-state index >= 15 is 0 Å². The lowest BCUT2D eigenvalue weighted by Gasteiger charge is -2.21. The number of rotatable bonds is 11. The van der Waals surface area contributed by atoms with Gasteiger partial charge in [-0.3, -0.25) is 10.1 Å².